The number of pyridine rings is 1. The summed E-state index contributed by atoms with van der Waals surface area (Å²) in [6.45, 7) is 3.47. The van der Waals surface area contributed by atoms with E-state index in [4.69, 9.17) is 27.9 Å². The lowest BCUT2D eigenvalue weighted by atomic mass is 10.2. The molecule has 2 nitrogen and oxygen atoms in total. The first-order valence-corrected chi connectivity index (χ1v) is 6.58. The Kier molecular flexibility index (Phi) is 4.23. The number of thiol groups is 1. The third-order valence-corrected chi connectivity index (χ3v) is 3.98. The van der Waals surface area contributed by atoms with Crippen LogP contribution in [0, 0.1) is 19.8 Å². The summed E-state index contributed by atoms with van der Waals surface area (Å²) >= 11 is 16.5. The molecule has 0 saturated carbocycles. The third kappa shape index (κ3) is 3.14. The van der Waals surface area contributed by atoms with Gasteiger partial charge in [0.2, 0.25) is 5.95 Å². The molecule has 2 aromatic rings. The van der Waals surface area contributed by atoms with Crippen molar-refractivity contribution < 1.29 is 9.13 Å². The minimum atomic E-state index is -0.615. The molecule has 2 rings (SSSR count). The van der Waals surface area contributed by atoms with E-state index in [1.54, 1.807) is 26.0 Å². The zero-order valence-electron chi connectivity index (χ0n) is 10.2. The van der Waals surface area contributed by atoms with Crippen molar-refractivity contribution in [1.29, 1.82) is 0 Å². The van der Waals surface area contributed by atoms with Crippen LogP contribution in [0.15, 0.2) is 23.1 Å². The van der Waals surface area contributed by atoms with Crippen LogP contribution in [0.4, 0.5) is 4.39 Å². The van der Waals surface area contributed by atoms with Crippen LogP contribution in [0.1, 0.15) is 11.3 Å². The maximum atomic E-state index is 13.2. The maximum absolute atomic E-state index is 13.2. The molecular formula is C13H10Cl2FNOS. The molecule has 0 aliphatic heterocycles. The highest BCUT2D eigenvalue weighted by atomic mass is 35.5. The van der Waals surface area contributed by atoms with Gasteiger partial charge in [-0.15, -0.1) is 12.6 Å². The van der Waals surface area contributed by atoms with Crippen LogP contribution in [-0.4, -0.2) is 4.98 Å². The van der Waals surface area contributed by atoms with Crippen LogP contribution in [0.5, 0.6) is 11.5 Å². The van der Waals surface area contributed by atoms with Crippen molar-refractivity contribution in [2.45, 2.75) is 18.7 Å². The number of halogens is 3. The van der Waals surface area contributed by atoms with Gasteiger partial charge in [-0.3, -0.25) is 0 Å². The van der Waals surface area contributed by atoms with E-state index in [-0.39, 0.29) is 0 Å². The Morgan fingerprint density at radius 3 is 2.53 bits per heavy atom. The van der Waals surface area contributed by atoms with Gasteiger partial charge < -0.3 is 4.74 Å². The van der Waals surface area contributed by atoms with Gasteiger partial charge in [0.05, 0.1) is 5.02 Å². The zero-order chi connectivity index (χ0) is 14.2. The fourth-order valence-corrected chi connectivity index (χ4v) is 2.26. The lowest BCUT2D eigenvalue weighted by molar-refractivity contribution is 0.470. The Morgan fingerprint density at radius 2 is 1.89 bits per heavy atom. The number of hydrogen-bond acceptors (Lipinski definition) is 3. The molecule has 6 heteroatoms. The first-order chi connectivity index (χ1) is 8.88. The average molecular weight is 318 g/mol. The van der Waals surface area contributed by atoms with Gasteiger partial charge in [-0.05, 0) is 19.4 Å². The third-order valence-electron chi connectivity index (χ3n) is 2.52. The Balaban J connectivity index is 2.44. The number of benzene rings is 1. The Bertz CT molecular complexity index is 629. The molecule has 0 amide bonds. The van der Waals surface area contributed by atoms with Crippen molar-refractivity contribution in [3.8, 4) is 11.5 Å². The molecule has 100 valence electrons. The summed E-state index contributed by atoms with van der Waals surface area (Å²) in [6.07, 6.45) is 0. The topological polar surface area (TPSA) is 22.1 Å². The minimum absolute atomic E-state index is 0.305. The van der Waals surface area contributed by atoms with Crippen LogP contribution in [0.2, 0.25) is 10.0 Å². The Morgan fingerprint density at radius 1 is 1.21 bits per heavy atom. The lowest BCUT2D eigenvalue weighted by Crippen LogP contribution is -1.93. The number of nitrogens with zero attached hydrogens (tertiary/aromatic N) is 1. The van der Waals surface area contributed by atoms with Crippen LogP contribution in [-0.2, 0) is 0 Å². The van der Waals surface area contributed by atoms with Gasteiger partial charge in [-0.2, -0.15) is 4.39 Å². The van der Waals surface area contributed by atoms with Crippen molar-refractivity contribution in [3.05, 3.63) is 45.4 Å². The molecule has 0 fully saturated rings. The monoisotopic (exact) mass is 317 g/mol. The summed E-state index contributed by atoms with van der Waals surface area (Å²) < 4.78 is 18.7. The predicted octanol–water partition coefficient (Wildman–Crippen LogP) is 5.23. The second kappa shape index (κ2) is 5.57. The van der Waals surface area contributed by atoms with E-state index in [1.165, 1.54) is 6.07 Å². The van der Waals surface area contributed by atoms with Crippen molar-refractivity contribution in [3.63, 3.8) is 0 Å². The van der Waals surface area contributed by atoms with Gasteiger partial charge in [0.25, 0.3) is 0 Å². The summed E-state index contributed by atoms with van der Waals surface area (Å²) in [6, 6.07) is 4.35. The number of aryl methyl sites for hydroxylation is 1. The zero-order valence-corrected chi connectivity index (χ0v) is 12.6. The molecule has 1 heterocycles. The van der Waals surface area contributed by atoms with Crippen molar-refractivity contribution in [2.75, 3.05) is 0 Å². The molecule has 1 aromatic heterocycles. The van der Waals surface area contributed by atoms with E-state index < -0.39 is 5.95 Å². The van der Waals surface area contributed by atoms with Gasteiger partial charge in [-0.25, -0.2) is 4.98 Å². The highest BCUT2D eigenvalue weighted by Gasteiger charge is 2.13. The molecule has 0 atom stereocenters. The lowest BCUT2D eigenvalue weighted by Gasteiger charge is -2.12. The summed E-state index contributed by atoms with van der Waals surface area (Å²) in [5, 5.41) is 0.816. The molecule has 1 aromatic carbocycles. The second-order valence-electron chi connectivity index (χ2n) is 4.01. The number of aromatic nitrogens is 1. The van der Waals surface area contributed by atoms with E-state index in [2.05, 4.69) is 17.6 Å². The second-order valence-corrected chi connectivity index (χ2v) is 5.25. The van der Waals surface area contributed by atoms with Crippen LogP contribution >= 0.6 is 35.8 Å². The van der Waals surface area contributed by atoms with Crippen molar-refractivity contribution in [1.82, 2.24) is 4.98 Å². The molecular weight excluding hydrogens is 308 g/mol. The van der Waals surface area contributed by atoms with Gasteiger partial charge in [-0.1, -0.05) is 23.2 Å². The fraction of sp³-hybridized carbons (Fsp3) is 0.154. The largest absolute Gasteiger partial charge is 0.455 e. The van der Waals surface area contributed by atoms with E-state index in [0.717, 1.165) is 5.56 Å². The van der Waals surface area contributed by atoms with Crippen molar-refractivity contribution in [2.24, 2.45) is 0 Å². The van der Waals surface area contributed by atoms with Crippen LogP contribution in [0.25, 0.3) is 0 Å². The predicted molar refractivity (Wildman–Crippen MR) is 77.5 cm³/mol. The SMILES string of the molecule is Cc1cc(Oc2cc(Cl)c(C)c(S)c2Cl)cc(F)n1. The summed E-state index contributed by atoms with van der Waals surface area (Å²) in [5.41, 5.74) is 1.27. The highest BCUT2D eigenvalue weighted by molar-refractivity contribution is 7.80. The molecule has 0 saturated heterocycles. The van der Waals surface area contributed by atoms with E-state index >= 15 is 0 Å². The quantitative estimate of drug-likeness (QED) is 0.605. The Labute approximate surface area is 125 Å². The summed E-state index contributed by atoms with van der Waals surface area (Å²) in [4.78, 5) is 4.16. The first kappa shape index (κ1) is 14.4. The van der Waals surface area contributed by atoms with Gasteiger partial charge in [0.15, 0.2) is 0 Å². The number of rotatable bonds is 2. The van der Waals surface area contributed by atoms with Crippen LogP contribution in [0.3, 0.4) is 0 Å². The highest BCUT2D eigenvalue weighted by Crippen LogP contribution is 2.39. The molecule has 0 radical (unpaired) electrons. The standard InChI is InChI=1S/C13H10Cl2FNOS/c1-6-3-8(4-11(16)17-6)18-10-5-9(14)7(2)13(19)12(10)15/h3-5,19H,1-2H3. The minimum Gasteiger partial charge on any atom is -0.455 e. The van der Waals surface area contributed by atoms with E-state index in [9.17, 15) is 4.39 Å². The molecule has 0 aliphatic rings. The van der Waals surface area contributed by atoms with Gasteiger partial charge >= 0.3 is 0 Å². The number of ether oxygens (including phenoxy) is 1. The van der Waals surface area contributed by atoms with Crippen LogP contribution < -0.4 is 4.74 Å². The molecule has 0 aliphatic carbocycles. The summed E-state index contributed by atoms with van der Waals surface area (Å²) in [5.74, 6) is 0.0160. The normalized spacial score (nSPS) is 10.6. The van der Waals surface area contributed by atoms with Gasteiger partial charge in [0.1, 0.15) is 11.5 Å². The average Bonchev–Trinajstić information content (AvgIpc) is 2.32. The number of hydrogen-bond donors (Lipinski definition) is 1. The first-order valence-electron chi connectivity index (χ1n) is 5.38. The Hall–Kier alpha value is -0.970. The fourth-order valence-electron chi connectivity index (χ4n) is 1.54. The van der Waals surface area contributed by atoms with Gasteiger partial charge in [0, 0.05) is 33.8 Å². The molecule has 0 bridgehead atoms. The molecule has 19 heavy (non-hydrogen) atoms. The maximum Gasteiger partial charge on any atom is 0.216 e. The van der Waals surface area contributed by atoms with Crippen molar-refractivity contribution >= 4 is 35.8 Å². The molecule has 0 unspecified atom stereocenters. The van der Waals surface area contributed by atoms with E-state index in [0.29, 0.717) is 32.1 Å². The molecule has 0 N–H and O–H groups in total. The molecule has 0 spiro atoms. The smallest absolute Gasteiger partial charge is 0.216 e. The van der Waals surface area contributed by atoms with E-state index in [1.807, 2.05) is 0 Å². The summed E-state index contributed by atoms with van der Waals surface area (Å²) in [7, 11) is 0.